The van der Waals surface area contributed by atoms with Gasteiger partial charge in [0.25, 0.3) is 0 Å². The summed E-state index contributed by atoms with van der Waals surface area (Å²) in [6, 6.07) is 7.13. The lowest BCUT2D eigenvalue weighted by Crippen LogP contribution is -2.49. The molecule has 1 fully saturated rings. The van der Waals surface area contributed by atoms with E-state index in [0.717, 1.165) is 24.2 Å². The fourth-order valence-electron chi connectivity index (χ4n) is 2.74. The van der Waals surface area contributed by atoms with Crippen LogP contribution in [0.15, 0.2) is 24.3 Å². The summed E-state index contributed by atoms with van der Waals surface area (Å²) >= 11 is 0. The van der Waals surface area contributed by atoms with Crippen LogP contribution in [-0.2, 0) is 4.79 Å². The molecule has 0 aliphatic carbocycles. The van der Waals surface area contributed by atoms with E-state index >= 15 is 0 Å². The molecule has 20 heavy (non-hydrogen) atoms. The van der Waals surface area contributed by atoms with Crippen LogP contribution in [-0.4, -0.2) is 65.3 Å². The maximum Gasteiger partial charge on any atom is 0.325 e. The largest absolute Gasteiger partial charge is 0.480 e. The van der Waals surface area contributed by atoms with E-state index in [1.54, 1.807) is 0 Å². The Morgan fingerprint density at radius 1 is 1.30 bits per heavy atom. The first-order valence-corrected chi connectivity index (χ1v) is 6.98. The number of piperazine rings is 1. The van der Waals surface area contributed by atoms with Crippen LogP contribution < -0.4 is 0 Å². The SMILES string of the molecule is Cc1cccc(C(C(=O)O)N2CCN(CCO)CC2)c1. The van der Waals surface area contributed by atoms with Gasteiger partial charge in [-0.2, -0.15) is 0 Å². The van der Waals surface area contributed by atoms with Crippen LogP contribution in [0.25, 0.3) is 0 Å². The maximum atomic E-state index is 11.6. The lowest BCUT2D eigenvalue weighted by atomic mass is 10.0. The van der Waals surface area contributed by atoms with Crippen molar-refractivity contribution in [1.29, 1.82) is 0 Å². The van der Waals surface area contributed by atoms with Gasteiger partial charge in [-0.3, -0.25) is 14.6 Å². The van der Waals surface area contributed by atoms with Crippen LogP contribution in [0.5, 0.6) is 0 Å². The molecule has 2 rings (SSSR count). The summed E-state index contributed by atoms with van der Waals surface area (Å²) in [5.74, 6) is -0.800. The molecule has 0 spiro atoms. The first-order chi connectivity index (χ1) is 9.61. The smallest absolute Gasteiger partial charge is 0.325 e. The molecule has 2 N–H and O–H groups in total. The van der Waals surface area contributed by atoms with Crippen molar-refractivity contribution in [3.63, 3.8) is 0 Å². The van der Waals surface area contributed by atoms with E-state index in [1.807, 2.05) is 36.1 Å². The number of aliphatic carboxylic acids is 1. The number of aryl methyl sites for hydroxylation is 1. The van der Waals surface area contributed by atoms with Crippen molar-refractivity contribution in [3.05, 3.63) is 35.4 Å². The van der Waals surface area contributed by atoms with Gasteiger partial charge in [0.1, 0.15) is 6.04 Å². The number of hydrogen-bond acceptors (Lipinski definition) is 4. The predicted molar refractivity (Wildman–Crippen MR) is 76.7 cm³/mol. The number of β-amino-alcohol motifs (C(OH)–C–C–N with tert-alkyl or cyclic N) is 1. The van der Waals surface area contributed by atoms with E-state index in [4.69, 9.17) is 5.11 Å². The summed E-state index contributed by atoms with van der Waals surface area (Å²) in [7, 11) is 0. The van der Waals surface area contributed by atoms with Crippen LogP contribution in [0.2, 0.25) is 0 Å². The van der Waals surface area contributed by atoms with E-state index in [0.29, 0.717) is 19.6 Å². The molecule has 1 aliphatic rings. The maximum absolute atomic E-state index is 11.6. The number of hydrogen-bond donors (Lipinski definition) is 2. The topological polar surface area (TPSA) is 64.0 Å². The molecular weight excluding hydrogens is 256 g/mol. The second-order valence-corrected chi connectivity index (χ2v) is 5.26. The summed E-state index contributed by atoms with van der Waals surface area (Å²) in [5, 5.41) is 18.5. The van der Waals surface area contributed by atoms with E-state index in [2.05, 4.69) is 4.90 Å². The number of aliphatic hydroxyl groups is 1. The molecule has 110 valence electrons. The standard InChI is InChI=1S/C15H22N2O3/c1-12-3-2-4-13(11-12)14(15(19)20)17-7-5-16(6-8-17)9-10-18/h2-4,11,14,18H,5-10H2,1H3,(H,19,20). The third-order valence-electron chi connectivity index (χ3n) is 3.78. The molecule has 1 unspecified atom stereocenters. The molecule has 5 heteroatoms. The lowest BCUT2D eigenvalue weighted by molar-refractivity contribution is -0.144. The van der Waals surface area contributed by atoms with Gasteiger partial charge in [-0.25, -0.2) is 0 Å². The monoisotopic (exact) mass is 278 g/mol. The van der Waals surface area contributed by atoms with Gasteiger partial charge < -0.3 is 10.2 Å². The van der Waals surface area contributed by atoms with Gasteiger partial charge in [0, 0.05) is 32.7 Å². The van der Waals surface area contributed by atoms with E-state index in [-0.39, 0.29) is 6.61 Å². The Morgan fingerprint density at radius 2 is 2.00 bits per heavy atom. The molecule has 1 heterocycles. The van der Waals surface area contributed by atoms with Crippen LogP contribution >= 0.6 is 0 Å². The third-order valence-corrected chi connectivity index (χ3v) is 3.78. The number of rotatable bonds is 5. The summed E-state index contributed by atoms with van der Waals surface area (Å²) in [6.07, 6.45) is 0. The zero-order valence-electron chi connectivity index (χ0n) is 11.8. The Hall–Kier alpha value is -1.43. The highest BCUT2D eigenvalue weighted by molar-refractivity contribution is 5.75. The van der Waals surface area contributed by atoms with Crippen molar-refractivity contribution in [2.75, 3.05) is 39.3 Å². The molecule has 1 aromatic rings. The van der Waals surface area contributed by atoms with E-state index in [9.17, 15) is 9.90 Å². The van der Waals surface area contributed by atoms with Gasteiger partial charge in [-0.1, -0.05) is 29.8 Å². The molecule has 1 aliphatic heterocycles. The van der Waals surface area contributed by atoms with Gasteiger partial charge in [0.2, 0.25) is 0 Å². The summed E-state index contributed by atoms with van der Waals surface area (Å²) < 4.78 is 0. The number of carbonyl (C=O) groups is 1. The molecule has 0 radical (unpaired) electrons. The van der Waals surface area contributed by atoms with Crippen LogP contribution in [0, 0.1) is 6.92 Å². The molecule has 1 atom stereocenters. The molecular formula is C15H22N2O3. The lowest BCUT2D eigenvalue weighted by Gasteiger charge is -2.37. The van der Waals surface area contributed by atoms with Gasteiger partial charge in [-0.05, 0) is 12.5 Å². The Kier molecular flexibility index (Phi) is 5.11. The summed E-state index contributed by atoms with van der Waals surface area (Å²) in [4.78, 5) is 15.8. The van der Waals surface area contributed by atoms with Gasteiger partial charge >= 0.3 is 5.97 Å². The molecule has 0 saturated carbocycles. The highest BCUT2D eigenvalue weighted by Crippen LogP contribution is 2.23. The highest BCUT2D eigenvalue weighted by Gasteiger charge is 2.30. The van der Waals surface area contributed by atoms with E-state index in [1.165, 1.54) is 0 Å². The van der Waals surface area contributed by atoms with Crippen molar-refractivity contribution < 1.29 is 15.0 Å². The van der Waals surface area contributed by atoms with Gasteiger partial charge in [-0.15, -0.1) is 0 Å². The van der Waals surface area contributed by atoms with Crippen molar-refractivity contribution in [2.24, 2.45) is 0 Å². The quantitative estimate of drug-likeness (QED) is 0.831. The first-order valence-electron chi connectivity index (χ1n) is 6.98. The minimum atomic E-state index is -0.800. The Morgan fingerprint density at radius 3 is 2.55 bits per heavy atom. The highest BCUT2D eigenvalue weighted by atomic mass is 16.4. The van der Waals surface area contributed by atoms with Crippen molar-refractivity contribution >= 4 is 5.97 Å². The van der Waals surface area contributed by atoms with Crippen LogP contribution in [0.4, 0.5) is 0 Å². The molecule has 0 aromatic heterocycles. The number of carboxylic acids is 1. The van der Waals surface area contributed by atoms with E-state index < -0.39 is 12.0 Å². The Bertz CT molecular complexity index is 456. The summed E-state index contributed by atoms with van der Waals surface area (Å²) in [6.45, 7) is 5.82. The van der Waals surface area contributed by atoms with Gasteiger partial charge in [0.05, 0.1) is 6.61 Å². The zero-order valence-corrected chi connectivity index (χ0v) is 11.8. The minimum Gasteiger partial charge on any atom is -0.480 e. The minimum absolute atomic E-state index is 0.153. The fourth-order valence-corrected chi connectivity index (χ4v) is 2.74. The summed E-state index contributed by atoms with van der Waals surface area (Å²) in [5.41, 5.74) is 1.92. The average Bonchev–Trinajstić information content (AvgIpc) is 2.41. The predicted octanol–water partition coefficient (Wildman–Crippen LogP) is 0.731. The second-order valence-electron chi connectivity index (χ2n) is 5.26. The third kappa shape index (κ3) is 3.56. The normalized spacial score (nSPS) is 18.9. The average molecular weight is 278 g/mol. The Labute approximate surface area is 119 Å². The number of benzene rings is 1. The molecule has 0 amide bonds. The van der Waals surface area contributed by atoms with Crippen molar-refractivity contribution in [2.45, 2.75) is 13.0 Å². The zero-order chi connectivity index (χ0) is 14.5. The van der Waals surface area contributed by atoms with Crippen molar-refractivity contribution in [3.8, 4) is 0 Å². The second kappa shape index (κ2) is 6.83. The van der Waals surface area contributed by atoms with Crippen LogP contribution in [0.1, 0.15) is 17.2 Å². The van der Waals surface area contributed by atoms with Gasteiger partial charge in [0.15, 0.2) is 0 Å². The molecule has 1 saturated heterocycles. The van der Waals surface area contributed by atoms with Crippen LogP contribution in [0.3, 0.4) is 0 Å². The fraction of sp³-hybridized carbons (Fsp3) is 0.533. The number of aliphatic hydroxyl groups excluding tert-OH is 1. The number of nitrogens with zero attached hydrogens (tertiary/aromatic N) is 2. The number of carboxylic acid groups (broad SMARTS) is 1. The first kappa shape index (κ1) is 15.0. The molecule has 5 nitrogen and oxygen atoms in total. The molecule has 0 bridgehead atoms. The Balaban J connectivity index is 2.09. The van der Waals surface area contributed by atoms with Crippen molar-refractivity contribution in [1.82, 2.24) is 9.80 Å². The molecule has 1 aromatic carbocycles.